The molecule has 6 heteroatoms. The molecule has 0 spiro atoms. The van der Waals surface area contributed by atoms with Crippen LogP contribution >= 0.6 is 0 Å². The van der Waals surface area contributed by atoms with E-state index in [1.165, 1.54) is 6.07 Å². The lowest BCUT2D eigenvalue weighted by Gasteiger charge is -2.24. The van der Waals surface area contributed by atoms with Gasteiger partial charge in [0, 0.05) is 6.54 Å². The van der Waals surface area contributed by atoms with Gasteiger partial charge in [-0.25, -0.2) is 8.78 Å². The van der Waals surface area contributed by atoms with Crippen LogP contribution in [0.15, 0.2) is 42.5 Å². The fourth-order valence-corrected chi connectivity index (χ4v) is 2.26. The van der Waals surface area contributed by atoms with Crippen molar-refractivity contribution in [2.75, 3.05) is 25.5 Å². The Bertz CT molecular complexity index is 717. The van der Waals surface area contributed by atoms with Gasteiger partial charge in [0.1, 0.15) is 29.7 Å². The first kappa shape index (κ1) is 18.9. The standard InChI is InChI=1S/C19H22F2N2O2/c1-13-7-4-5-10-17(13)25-12-11-23(3)14(2)19(24)22-18-15(20)8-6-9-16(18)21/h4-10,14H,11-12H2,1-3H3,(H,22,24). The maximum absolute atomic E-state index is 13.6. The lowest BCUT2D eigenvalue weighted by atomic mass is 10.2. The molecule has 134 valence electrons. The number of hydrogen-bond acceptors (Lipinski definition) is 3. The minimum Gasteiger partial charge on any atom is -0.492 e. The van der Waals surface area contributed by atoms with Crippen LogP contribution in [0.4, 0.5) is 14.5 Å². The number of anilines is 1. The number of benzene rings is 2. The topological polar surface area (TPSA) is 41.6 Å². The SMILES string of the molecule is Cc1ccccc1OCCN(C)C(C)C(=O)Nc1c(F)cccc1F. The van der Waals surface area contributed by atoms with Crippen molar-refractivity contribution in [2.45, 2.75) is 19.9 Å². The van der Waals surface area contributed by atoms with Gasteiger partial charge in [-0.15, -0.1) is 0 Å². The molecule has 1 amide bonds. The first-order chi connectivity index (χ1) is 11.9. The summed E-state index contributed by atoms with van der Waals surface area (Å²) in [6, 6.07) is 10.5. The van der Waals surface area contributed by atoms with E-state index in [4.69, 9.17) is 4.74 Å². The van der Waals surface area contributed by atoms with Crippen molar-refractivity contribution >= 4 is 11.6 Å². The van der Waals surface area contributed by atoms with Gasteiger partial charge in [-0.1, -0.05) is 24.3 Å². The van der Waals surface area contributed by atoms with Crippen molar-refractivity contribution in [1.29, 1.82) is 0 Å². The van der Waals surface area contributed by atoms with Crippen molar-refractivity contribution in [3.8, 4) is 5.75 Å². The Labute approximate surface area is 146 Å². The van der Waals surface area contributed by atoms with Crippen LogP contribution in [0.3, 0.4) is 0 Å². The molecule has 1 N–H and O–H groups in total. The zero-order valence-corrected chi connectivity index (χ0v) is 14.6. The Morgan fingerprint density at radius 1 is 1.16 bits per heavy atom. The Kier molecular flexibility index (Phi) is 6.47. The quantitative estimate of drug-likeness (QED) is 0.831. The first-order valence-corrected chi connectivity index (χ1v) is 8.03. The third kappa shape index (κ3) is 5.00. The summed E-state index contributed by atoms with van der Waals surface area (Å²) >= 11 is 0. The molecule has 2 aromatic rings. The molecule has 4 nitrogen and oxygen atoms in total. The molecule has 0 saturated carbocycles. The highest BCUT2D eigenvalue weighted by Gasteiger charge is 2.20. The average Bonchev–Trinajstić information content (AvgIpc) is 2.59. The van der Waals surface area contributed by atoms with E-state index in [0.29, 0.717) is 13.2 Å². The van der Waals surface area contributed by atoms with Crippen LogP contribution in [0, 0.1) is 18.6 Å². The highest BCUT2D eigenvalue weighted by molar-refractivity contribution is 5.94. The average molecular weight is 348 g/mol. The normalized spacial score (nSPS) is 12.1. The number of nitrogens with one attached hydrogen (secondary N) is 1. The first-order valence-electron chi connectivity index (χ1n) is 8.03. The molecule has 1 atom stereocenters. The monoisotopic (exact) mass is 348 g/mol. The second-order valence-corrected chi connectivity index (χ2v) is 5.86. The van der Waals surface area contributed by atoms with Crippen molar-refractivity contribution in [3.63, 3.8) is 0 Å². The summed E-state index contributed by atoms with van der Waals surface area (Å²) in [6.07, 6.45) is 0. The third-order valence-corrected chi connectivity index (χ3v) is 4.05. The van der Waals surface area contributed by atoms with E-state index in [-0.39, 0.29) is 0 Å². The van der Waals surface area contributed by atoms with Gasteiger partial charge in [0.25, 0.3) is 0 Å². The largest absolute Gasteiger partial charge is 0.492 e. The van der Waals surface area contributed by atoms with Crippen LogP contribution in [0.5, 0.6) is 5.75 Å². The van der Waals surface area contributed by atoms with E-state index in [9.17, 15) is 13.6 Å². The van der Waals surface area contributed by atoms with Crippen LogP contribution in [0.1, 0.15) is 12.5 Å². The maximum atomic E-state index is 13.6. The Hall–Kier alpha value is -2.47. The minimum atomic E-state index is -0.800. The van der Waals surface area contributed by atoms with Gasteiger partial charge in [-0.2, -0.15) is 0 Å². The van der Waals surface area contributed by atoms with Crippen molar-refractivity contribution in [2.24, 2.45) is 0 Å². The molecule has 0 bridgehead atoms. The molecule has 0 fully saturated rings. The van der Waals surface area contributed by atoms with Crippen LogP contribution in [0.25, 0.3) is 0 Å². The molecule has 2 rings (SSSR count). The lowest BCUT2D eigenvalue weighted by molar-refractivity contribution is -0.120. The summed E-state index contributed by atoms with van der Waals surface area (Å²) in [5.41, 5.74) is 0.606. The number of halogens is 2. The van der Waals surface area contributed by atoms with Crippen molar-refractivity contribution in [3.05, 3.63) is 59.7 Å². The van der Waals surface area contributed by atoms with Crippen LogP contribution < -0.4 is 10.1 Å². The Morgan fingerprint density at radius 2 is 1.80 bits per heavy atom. The van der Waals surface area contributed by atoms with Gasteiger partial charge in [0.15, 0.2) is 0 Å². The molecule has 0 aliphatic heterocycles. The number of carbonyl (C=O) groups excluding carboxylic acids is 1. The van der Waals surface area contributed by atoms with E-state index < -0.39 is 29.3 Å². The number of aryl methyl sites for hydroxylation is 1. The van der Waals surface area contributed by atoms with Gasteiger partial charge < -0.3 is 10.1 Å². The second-order valence-electron chi connectivity index (χ2n) is 5.86. The van der Waals surface area contributed by atoms with Crippen molar-refractivity contribution in [1.82, 2.24) is 4.90 Å². The molecule has 2 aromatic carbocycles. The van der Waals surface area contributed by atoms with Crippen molar-refractivity contribution < 1.29 is 18.3 Å². The summed E-state index contributed by atoms with van der Waals surface area (Å²) in [6.45, 7) is 4.51. The number of para-hydroxylation sites is 2. The molecule has 1 unspecified atom stereocenters. The molecule has 0 radical (unpaired) electrons. The van der Waals surface area contributed by atoms with Gasteiger partial charge in [-0.05, 0) is 44.7 Å². The van der Waals surface area contributed by atoms with E-state index in [1.54, 1.807) is 18.9 Å². The molecule has 0 aromatic heterocycles. The van der Waals surface area contributed by atoms with Crippen LogP contribution in [0.2, 0.25) is 0 Å². The lowest BCUT2D eigenvalue weighted by Crippen LogP contribution is -2.41. The molecular formula is C19H22F2N2O2. The van der Waals surface area contributed by atoms with Gasteiger partial charge >= 0.3 is 0 Å². The molecule has 0 saturated heterocycles. The number of hydrogen-bond donors (Lipinski definition) is 1. The van der Waals surface area contributed by atoms with Gasteiger partial charge in [0.2, 0.25) is 5.91 Å². The highest BCUT2D eigenvalue weighted by atomic mass is 19.1. The summed E-state index contributed by atoms with van der Waals surface area (Å²) in [7, 11) is 1.75. The number of nitrogens with zero attached hydrogens (tertiary/aromatic N) is 1. The number of rotatable bonds is 7. The fraction of sp³-hybridized carbons (Fsp3) is 0.316. The number of ether oxygens (including phenoxy) is 1. The zero-order chi connectivity index (χ0) is 18.4. The van der Waals surface area contributed by atoms with E-state index in [1.807, 2.05) is 31.2 Å². The highest BCUT2D eigenvalue weighted by Crippen LogP contribution is 2.19. The summed E-state index contributed by atoms with van der Waals surface area (Å²) in [4.78, 5) is 14.0. The van der Waals surface area contributed by atoms with Crippen LogP contribution in [-0.2, 0) is 4.79 Å². The minimum absolute atomic E-state index is 0.396. The number of carbonyl (C=O) groups is 1. The smallest absolute Gasteiger partial charge is 0.241 e. The summed E-state index contributed by atoms with van der Waals surface area (Å²) < 4.78 is 32.9. The zero-order valence-electron chi connectivity index (χ0n) is 14.6. The molecule has 0 aliphatic carbocycles. The van der Waals surface area contributed by atoms with E-state index in [0.717, 1.165) is 23.4 Å². The Morgan fingerprint density at radius 3 is 2.44 bits per heavy atom. The van der Waals surface area contributed by atoms with Crippen LogP contribution in [-0.4, -0.2) is 37.0 Å². The summed E-state index contributed by atoms with van der Waals surface area (Å²) in [5.74, 6) is -1.29. The molecule has 25 heavy (non-hydrogen) atoms. The summed E-state index contributed by atoms with van der Waals surface area (Å²) in [5, 5.41) is 2.30. The number of likely N-dealkylation sites (N-methyl/N-ethyl adjacent to an activating group) is 1. The van der Waals surface area contributed by atoms with Gasteiger partial charge in [-0.3, -0.25) is 9.69 Å². The fourth-order valence-electron chi connectivity index (χ4n) is 2.26. The molecule has 0 heterocycles. The predicted molar refractivity (Wildman–Crippen MR) is 93.8 cm³/mol. The third-order valence-electron chi connectivity index (χ3n) is 4.05. The number of amides is 1. The second kappa shape index (κ2) is 8.58. The Balaban J connectivity index is 1.87. The molecular weight excluding hydrogens is 326 g/mol. The maximum Gasteiger partial charge on any atom is 0.241 e. The van der Waals surface area contributed by atoms with E-state index in [2.05, 4.69) is 5.32 Å². The van der Waals surface area contributed by atoms with Gasteiger partial charge in [0.05, 0.1) is 6.04 Å². The predicted octanol–water partition coefficient (Wildman–Crippen LogP) is 3.61. The molecule has 0 aliphatic rings. The van der Waals surface area contributed by atoms with E-state index >= 15 is 0 Å².